The summed E-state index contributed by atoms with van der Waals surface area (Å²) in [5.41, 5.74) is 2.29. The Bertz CT molecular complexity index is 865. The number of benzene rings is 2. The number of carbonyl (C=O) groups is 1. The van der Waals surface area contributed by atoms with E-state index in [1.807, 2.05) is 29.6 Å². The van der Waals surface area contributed by atoms with Crippen molar-refractivity contribution >= 4 is 45.4 Å². The van der Waals surface area contributed by atoms with Crippen LogP contribution in [0.15, 0.2) is 53.9 Å². The largest absolute Gasteiger partial charge is 0.497 e. The molecule has 1 amide bonds. The quantitative estimate of drug-likeness (QED) is 0.655. The van der Waals surface area contributed by atoms with Crippen LogP contribution in [0.3, 0.4) is 0 Å². The van der Waals surface area contributed by atoms with Gasteiger partial charge in [0.15, 0.2) is 5.13 Å². The van der Waals surface area contributed by atoms with E-state index in [9.17, 15) is 4.79 Å². The summed E-state index contributed by atoms with van der Waals surface area (Å²) in [5, 5.41) is 9.25. The summed E-state index contributed by atoms with van der Waals surface area (Å²) < 4.78 is 5.09. The zero-order valence-corrected chi connectivity index (χ0v) is 15.0. The normalized spacial score (nSPS) is 10.3. The molecule has 2 N–H and O–H groups in total. The number of aromatic nitrogens is 1. The van der Waals surface area contributed by atoms with E-state index in [1.54, 1.807) is 31.4 Å². The first-order valence-electron chi connectivity index (χ1n) is 7.53. The van der Waals surface area contributed by atoms with E-state index >= 15 is 0 Å². The minimum atomic E-state index is -0.121. The average molecular weight is 374 g/mol. The van der Waals surface area contributed by atoms with Crippen molar-refractivity contribution in [1.82, 2.24) is 4.98 Å². The van der Waals surface area contributed by atoms with Crippen molar-refractivity contribution in [2.75, 3.05) is 17.7 Å². The second kappa shape index (κ2) is 8.00. The Morgan fingerprint density at radius 2 is 2.00 bits per heavy atom. The highest BCUT2D eigenvalue weighted by atomic mass is 35.5. The van der Waals surface area contributed by atoms with Crippen molar-refractivity contribution in [3.05, 3.63) is 64.6 Å². The molecular formula is C18H16ClN3O2S. The van der Waals surface area contributed by atoms with E-state index in [0.717, 1.165) is 22.3 Å². The Hall–Kier alpha value is -2.57. The number of nitrogens with zero attached hydrogens (tertiary/aromatic N) is 1. The van der Waals surface area contributed by atoms with Gasteiger partial charge in [-0.2, -0.15) is 0 Å². The molecule has 0 bridgehead atoms. The van der Waals surface area contributed by atoms with Gasteiger partial charge < -0.3 is 15.4 Å². The highest BCUT2D eigenvalue weighted by Crippen LogP contribution is 2.23. The SMILES string of the molecule is COc1ccc(NC(=O)Cc2csc(Nc3cccc(Cl)c3)n2)cc1. The number of carbonyl (C=O) groups excluding carboxylic acids is 1. The first-order valence-corrected chi connectivity index (χ1v) is 8.79. The summed E-state index contributed by atoms with van der Waals surface area (Å²) >= 11 is 7.41. The van der Waals surface area contributed by atoms with E-state index in [4.69, 9.17) is 16.3 Å². The van der Waals surface area contributed by atoms with Crippen LogP contribution in [0.5, 0.6) is 5.75 Å². The first kappa shape index (κ1) is 17.3. The minimum Gasteiger partial charge on any atom is -0.497 e. The van der Waals surface area contributed by atoms with Crippen molar-refractivity contribution in [3.63, 3.8) is 0 Å². The highest BCUT2D eigenvalue weighted by molar-refractivity contribution is 7.13. The van der Waals surface area contributed by atoms with Crippen molar-refractivity contribution < 1.29 is 9.53 Å². The van der Waals surface area contributed by atoms with Gasteiger partial charge in [-0.1, -0.05) is 17.7 Å². The lowest BCUT2D eigenvalue weighted by atomic mass is 10.2. The summed E-state index contributed by atoms with van der Waals surface area (Å²) in [6.07, 6.45) is 0.208. The molecule has 0 saturated heterocycles. The van der Waals surface area contributed by atoms with Gasteiger partial charge in [0.2, 0.25) is 5.91 Å². The molecule has 7 heteroatoms. The van der Waals surface area contributed by atoms with Crippen LogP contribution in [-0.4, -0.2) is 18.0 Å². The molecule has 0 spiro atoms. The zero-order valence-electron chi connectivity index (χ0n) is 13.5. The Morgan fingerprint density at radius 1 is 1.20 bits per heavy atom. The van der Waals surface area contributed by atoms with Crippen LogP contribution >= 0.6 is 22.9 Å². The lowest BCUT2D eigenvalue weighted by Crippen LogP contribution is -2.14. The van der Waals surface area contributed by atoms with E-state index in [-0.39, 0.29) is 12.3 Å². The van der Waals surface area contributed by atoms with E-state index in [0.29, 0.717) is 10.7 Å². The van der Waals surface area contributed by atoms with Crippen LogP contribution in [0.2, 0.25) is 5.02 Å². The number of halogens is 1. The molecule has 5 nitrogen and oxygen atoms in total. The van der Waals surface area contributed by atoms with Gasteiger partial charge in [0.1, 0.15) is 5.75 Å². The average Bonchev–Trinajstić information content (AvgIpc) is 3.02. The molecule has 3 rings (SSSR count). The number of thiazole rings is 1. The topological polar surface area (TPSA) is 63.2 Å². The molecule has 0 aliphatic heterocycles. The van der Waals surface area contributed by atoms with Crippen LogP contribution in [0, 0.1) is 0 Å². The molecule has 0 fully saturated rings. The number of hydrogen-bond donors (Lipinski definition) is 2. The lowest BCUT2D eigenvalue weighted by Gasteiger charge is -2.05. The fourth-order valence-electron chi connectivity index (χ4n) is 2.18. The fourth-order valence-corrected chi connectivity index (χ4v) is 3.10. The van der Waals surface area contributed by atoms with Crippen molar-refractivity contribution in [1.29, 1.82) is 0 Å². The molecule has 0 atom stereocenters. The van der Waals surface area contributed by atoms with Gasteiger partial charge >= 0.3 is 0 Å². The molecule has 3 aromatic rings. The maximum atomic E-state index is 12.1. The molecule has 0 unspecified atom stereocenters. The number of ether oxygens (including phenoxy) is 1. The fraction of sp³-hybridized carbons (Fsp3) is 0.111. The number of anilines is 3. The highest BCUT2D eigenvalue weighted by Gasteiger charge is 2.09. The summed E-state index contributed by atoms with van der Waals surface area (Å²) in [5.74, 6) is 0.624. The van der Waals surface area contributed by atoms with Crippen LogP contribution in [0.1, 0.15) is 5.69 Å². The van der Waals surface area contributed by atoms with Crippen molar-refractivity contribution in [3.8, 4) is 5.75 Å². The third-order valence-electron chi connectivity index (χ3n) is 3.34. The van der Waals surface area contributed by atoms with Gasteiger partial charge in [-0.3, -0.25) is 4.79 Å². The van der Waals surface area contributed by atoms with E-state index < -0.39 is 0 Å². The molecule has 0 aliphatic carbocycles. The van der Waals surface area contributed by atoms with Gasteiger partial charge in [0.25, 0.3) is 0 Å². The third kappa shape index (κ3) is 4.95. The molecule has 0 radical (unpaired) electrons. The summed E-state index contributed by atoms with van der Waals surface area (Å²) in [4.78, 5) is 16.6. The molecule has 25 heavy (non-hydrogen) atoms. The first-order chi connectivity index (χ1) is 12.1. The standard InChI is InChI=1S/C18H16ClN3O2S/c1-24-16-7-5-13(6-8-16)20-17(23)10-15-11-25-18(22-15)21-14-4-2-3-12(19)9-14/h2-9,11H,10H2,1H3,(H,20,23)(H,21,22). The molecule has 0 aliphatic rings. The Morgan fingerprint density at radius 3 is 2.72 bits per heavy atom. The zero-order chi connectivity index (χ0) is 17.6. The summed E-state index contributed by atoms with van der Waals surface area (Å²) in [6.45, 7) is 0. The monoisotopic (exact) mass is 373 g/mol. The Labute approximate surface area is 154 Å². The van der Waals surface area contributed by atoms with Gasteiger partial charge in [-0.15, -0.1) is 11.3 Å². The van der Waals surface area contributed by atoms with Crippen LogP contribution < -0.4 is 15.4 Å². The van der Waals surface area contributed by atoms with E-state index in [1.165, 1.54) is 11.3 Å². The van der Waals surface area contributed by atoms with Crippen LogP contribution in [0.4, 0.5) is 16.5 Å². The van der Waals surface area contributed by atoms with Crippen LogP contribution in [0.25, 0.3) is 0 Å². The van der Waals surface area contributed by atoms with Crippen LogP contribution in [-0.2, 0) is 11.2 Å². The third-order valence-corrected chi connectivity index (χ3v) is 4.38. The van der Waals surface area contributed by atoms with Gasteiger partial charge in [0, 0.05) is 21.8 Å². The van der Waals surface area contributed by atoms with Gasteiger partial charge in [-0.05, 0) is 42.5 Å². The molecule has 1 aromatic heterocycles. The Kier molecular flexibility index (Phi) is 5.53. The number of rotatable bonds is 6. The second-order valence-corrected chi connectivity index (χ2v) is 6.53. The minimum absolute atomic E-state index is 0.121. The van der Waals surface area contributed by atoms with Crippen molar-refractivity contribution in [2.24, 2.45) is 0 Å². The predicted octanol–water partition coefficient (Wildman–Crippen LogP) is 4.73. The van der Waals surface area contributed by atoms with Gasteiger partial charge in [-0.25, -0.2) is 4.98 Å². The summed E-state index contributed by atoms with van der Waals surface area (Å²) in [7, 11) is 1.60. The predicted molar refractivity (Wildman–Crippen MR) is 102 cm³/mol. The molecule has 0 saturated carbocycles. The lowest BCUT2D eigenvalue weighted by molar-refractivity contribution is -0.115. The molecular weight excluding hydrogens is 358 g/mol. The number of amides is 1. The maximum Gasteiger partial charge on any atom is 0.230 e. The molecule has 2 aromatic carbocycles. The molecule has 1 heterocycles. The molecule has 128 valence electrons. The van der Waals surface area contributed by atoms with Gasteiger partial charge in [0.05, 0.1) is 19.2 Å². The number of methoxy groups -OCH3 is 1. The van der Waals surface area contributed by atoms with E-state index in [2.05, 4.69) is 15.6 Å². The van der Waals surface area contributed by atoms with Crippen molar-refractivity contribution in [2.45, 2.75) is 6.42 Å². The number of nitrogens with one attached hydrogen (secondary N) is 2. The Balaban J connectivity index is 1.57. The second-order valence-electron chi connectivity index (χ2n) is 5.23. The number of hydrogen-bond acceptors (Lipinski definition) is 5. The maximum absolute atomic E-state index is 12.1. The summed E-state index contributed by atoms with van der Waals surface area (Å²) in [6, 6.07) is 14.6. The smallest absolute Gasteiger partial charge is 0.230 e.